The minimum atomic E-state index is -0.694. The molecule has 0 N–H and O–H groups in total. The van der Waals surface area contributed by atoms with Gasteiger partial charge in [0, 0.05) is 18.3 Å². The van der Waals surface area contributed by atoms with Crippen molar-refractivity contribution < 1.29 is 24.0 Å². The first-order chi connectivity index (χ1) is 12.9. The lowest BCUT2D eigenvalue weighted by Gasteiger charge is -2.09. The first-order valence-corrected chi connectivity index (χ1v) is 8.33. The van der Waals surface area contributed by atoms with Crippen LogP contribution in [0.15, 0.2) is 41.4 Å². The molecule has 1 aliphatic rings. The standard InChI is InChI=1S/C16H12N4O6S/c1-26-14(21)9-18-15(22)13(27-16(18)23)8-10-6-7-19(17-10)11-2-4-12(5-3-11)20(24)25/h2-8H,9H2,1H3/b13-8-. The van der Waals surface area contributed by atoms with Crippen LogP contribution in [0.5, 0.6) is 0 Å². The molecule has 2 aromatic rings. The number of hydrogen-bond acceptors (Lipinski definition) is 8. The number of nitro benzene ring substituents is 1. The normalized spacial score (nSPS) is 15.4. The van der Waals surface area contributed by atoms with Gasteiger partial charge in [-0.05, 0) is 36.0 Å². The Kier molecular flexibility index (Phi) is 5.03. The van der Waals surface area contributed by atoms with Gasteiger partial charge in [-0.3, -0.25) is 29.4 Å². The molecule has 3 rings (SSSR count). The van der Waals surface area contributed by atoms with E-state index in [-0.39, 0.29) is 10.6 Å². The van der Waals surface area contributed by atoms with Crippen molar-refractivity contribution in [1.29, 1.82) is 0 Å². The van der Waals surface area contributed by atoms with Crippen LogP contribution in [0.4, 0.5) is 10.5 Å². The summed E-state index contributed by atoms with van der Waals surface area (Å²) in [5, 5.41) is 14.4. The molecule has 0 aliphatic carbocycles. The maximum absolute atomic E-state index is 12.3. The van der Waals surface area contributed by atoms with Gasteiger partial charge in [0.2, 0.25) is 0 Å². The number of amides is 2. The van der Waals surface area contributed by atoms with E-state index in [0.29, 0.717) is 23.1 Å². The lowest BCUT2D eigenvalue weighted by Crippen LogP contribution is -2.34. The van der Waals surface area contributed by atoms with Crippen molar-refractivity contribution in [3.63, 3.8) is 0 Å². The zero-order valence-electron chi connectivity index (χ0n) is 13.9. The van der Waals surface area contributed by atoms with Crippen molar-refractivity contribution >= 4 is 40.6 Å². The number of imide groups is 1. The fourth-order valence-corrected chi connectivity index (χ4v) is 3.07. The van der Waals surface area contributed by atoms with Gasteiger partial charge in [-0.2, -0.15) is 5.10 Å². The molecule has 0 saturated carbocycles. The second-order valence-electron chi connectivity index (χ2n) is 5.30. The van der Waals surface area contributed by atoms with Crippen LogP contribution in [0.1, 0.15) is 5.69 Å². The molecule has 0 unspecified atom stereocenters. The molecule has 27 heavy (non-hydrogen) atoms. The average molecular weight is 388 g/mol. The molecule has 1 fully saturated rings. The van der Waals surface area contributed by atoms with Crippen LogP contribution >= 0.6 is 11.8 Å². The molecule has 11 heteroatoms. The third-order valence-electron chi connectivity index (χ3n) is 3.60. The predicted molar refractivity (Wildman–Crippen MR) is 94.9 cm³/mol. The Morgan fingerprint density at radius 2 is 2.00 bits per heavy atom. The molecule has 138 valence electrons. The number of nitro groups is 1. The second kappa shape index (κ2) is 7.41. The van der Waals surface area contributed by atoms with Crippen LogP contribution in [0, 0.1) is 10.1 Å². The van der Waals surface area contributed by atoms with E-state index in [1.165, 1.54) is 30.0 Å². The van der Waals surface area contributed by atoms with Crippen LogP contribution in [0.3, 0.4) is 0 Å². The zero-order valence-corrected chi connectivity index (χ0v) is 14.7. The van der Waals surface area contributed by atoms with Crippen molar-refractivity contribution in [2.75, 3.05) is 13.7 Å². The Morgan fingerprint density at radius 1 is 1.30 bits per heavy atom. The fraction of sp³-hybridized carbons (Fsp3) is 0.125. The van der Waals surface area contributed by atoms with E-state index >= 15 is 0 Å². The van der Waals surface area contributed by atoms with Crippen molar-refractivity contribution in [3.8, 4) is 5.69 Å². The molecule has 10 nitrogen and oxygen atoms in total. The van der Waals surface area contributed by atoms with Crippen LogP contribution < -0.4 is 0 Å². The molecule has 1 saturated heterocycles. The molecule has 0 radical (unpaired) electrons. The van der Waals surface area contributed by atoms with Crippen LogP contribution in [0.2, 0.25) is 0 Å². The maximum Gasteiger partial charge on any atom is 0.325 e. The number of carbonyl (C=O) groups excluding carboxylic acids is 3. The van der Waals surface area contributed by atoms with Gasteiger partial charge in [-0.1, -0.05) is 0 Å². The summed E-state index contributed by atoms with van der Waals surface area (Å²) >= 11 is 0.706. The highest BCUT2D eigenvalue weighted by Crippen LogP contribution is 2.31. The van der Waals surface area contributed by atoms with E-state index in [2.05, 4.69) is 9.84 Å². The van der Waals surface area contributed by atoms with E-state index < -0.39 is 28.6 Å². The number of benzene rings is 1. The summed E-state index contributed by atoms with van der Waals surface area (Å²) in [5.74, 6) is -1.29. The molecule has 1 aromatic carbocycles. The van der Waals surface area contributed by atoms with Crippen LogP contribution in [0.25, 0.3) is 11.8 Å². The molecule has 0 spiro atoms. The smallest absolute Gasteiger partial charge is 0.325 e. The number of nitrogens with zero attached hydrogens (tertiary/aromatic N) is 4. The molecule has 1 aliphatic heterocycles. The lowest BCUT2D eigenvalue weighted by molar-refractivity contribution is -0.384. The Hall–Kier alpha value is -3.47. The van der Waals surface area contributed by atoms with Gasteiger partial charge < -0.3 is 4.74 Å². The van der Waals surface area contributed by atoms with E-state index in [9.17, 15) is 24.5 Å². The molecule has 1 aromatic heterocycles. The summed E-state index contributed by atoms with van der Waals surface area (Å²) in [4.78, 5) is 46.6. The Labute approximate surface area is 156 Å². The molecular weight excluding hydrogens is 376 g/mol. The Balaban J connectivity index is 1.78. The molecule has 0 atom stereocenters. The van der Waals surface area contributed by atoms with Crippen molar-refractivity contribution in [2.45, 2.75) is 0 Å². The van der Waals surface area contributed by atoms with Gasteiger partial charge in [-0.25, -0.2) is 4.68 Å². The van der Waals surface area contributed by atoms with Gasteiger partial charge in [0.1, 0.15) is 6.54 Å². The zero-order chi connectivity index (χ0) is 19.6. The van der Waals surface area contributed by atoms with Gasteiger partial charge in [0.25, 0.3) is 16.8 Å². The number of hydrogen-bond donors (Lipinski definition) is 0. The third kappa shape index (κ3) is 3.87. The highest BCUT2D eigenvalue weighted by Gasteiger charge is 2.36. The first kappa shape index (κ1) is 18.3. The van der Waals surface area contributed by atoms with Gasteiger partial charge in [0.15, 0.2) is 0 Å². The fourth-order valence-electron chi connectivity index (χ4n) is 2.25. The second-order valence-corrected chi connectivity index (χ2v) is 6.30. The number of esters is 1. The van der Waals surface area contributed by atoms with Crippen molar-refractivity contribution in [3.05, 3.63) is 57.2 Å². The number of carbonyl (C=O) groups is 3. The summed E-state index contributed by atoms with van der Waals surface area (Å²) in [6.07, 6.45) is 3.05. The molecular formula is C16H12N4O6S. The average Bonchev–Trinajstić information content (AvgIpc) is 3.22. The third-order valence-corrected chi connectivity index (χ3v) is 4.51. The highest BCUT2D eigenvalue weighted by atomic mass is 32.2. The molecule has 2 amide bonds. The number of ether oxygens (including phenoxy) is 1. The van der Waals surface area contributed by atoms with Gasteiger partial charge in [-0.15, -0.1) is 0 Å². The summed E-state index contributed by atoms with van der Waals surface area (Å²) < 4.78 is 5.95. The SMILES string of the molecule is COC(=O)CN1C(=O)S/C(=C\c2ccn(-c3ccc([N+](=O)[O-])cc3)n2)C1=O. The predicted octanol–water partition coefficient (Wildman–Crippen LogP) is 1.99. The van der Waals surface area contributed by atoms with Crippen molar-refractivity contribution in [2.24, 2.45) is 0 Å². The number of methoxy groups -OCH3 is 1. The topological polar surface area (TPSA) is 125 Å². The lowest BCUT2D eigenvalue weighted by atomic mass is 10.3. The number of rotatable bonds is 5. The van der Waals surface area contributed by atoms with Gasteiger partial charge >= 0.3 is 5.97 Å². The quantitative estimate of drug-likeness (QED) is 0.330. The summed E-state index contributed by atoms with van der Waals surface area (Å²) in [6, 6.07) is 7.41. The monoisotopic (exact) mass is 388 g/mol. The molecule has 2 heterocycles. The maximum atomic E-state index is 12.3. The van der Waals surface area contributed by atoms with Crippen LogP contribution in [-0.4, -0.2) is 50.4 Å². The van der Waals surface area contributed by atoms with Crippen LogP contribution in [-0.2, 0) is 14.3 Å². The molecule has 0 bridgehead atoms. The summed E-state index contributed by atoms with van der Waals surface area (Å²) in [7, 11) is 1.17. The van der Waals surface area contributed by atoms with Gasteiger partial charge in [0.05, 0.1) is 28.3 Å². The minimum Gasteiger partial charge on any atom is -0.468 e. The minimum absolute atomic E-state index is 0.0367. The summed E-state index contributed by atoms with van der Waals surface area (Å²) in [5.41, 5.74) is 0.973. The Morgan fingerprint density at radius 3 is 2.63 bits per heavy atom. The highest BCUT2D eigenvalue weighted by molar-refractivity contribution is 8.18. The number of non-ortho nitro benzene ring substituents is 1. The van der Waals surface area contributed by atoms with E-state index in [4.69, 9.17) is 0 Å². The van der Waals surface area contributed by atoms with E-state index in [1.807, 2.05) is 0 Å². The summed E-state index contributed by atoms with van der Waals surface area (Å²) in [6.45, 7) is -0.449. The van der Waals surface area contributed by atoms with E-state index in [1.54, 1.807) is 24.4 Å². The first-order valence-electron chi connectivity index (χ1n) is 7.51. The van der Waals surface area contributed by atoms with E-state index in [0.717, 1.165) is 4.90 Å². The van der Waals surface area contributed by atoms with Crippen molar-refractivity contribution in [1.82, 2.24) is 14.7 Å². The number of aromatic nitrogens is 2. The Bertz CT molecular complexity index is 966. The number of thioether (sulfide) groups is 1. The largest absolute Gasteiger partial charge is 0.468 e.